The van der Waals surface area contributed by atoms with Crippen molar-refractivity contribution in [2.24, 2.45) is 5.92 Å². The van der Waals surface area contributed by atoms with Crippen molar-refractivity contribution < 1.29 is 4.74 Å². The van der Waals surface area contributed by atoms with Crippen molar-refractivity contribution in [1.82, 2.24) is 10.6 Å². The quantitative estimate of drug-likeness (QED) is 0.763. The van der Waals surface area contributed by atoms with Crippen molar-refractivity contribution in [3.05, 3.63) is 0 Å². The standard InChI is InChI=1S/C13H26N2O/c1-14-13(11-5-3-2-4-6-11)9-12-10-15-7-8-16-12/h11-15H,2-10H2,1H3. The normalized spacial score (nSPS) is 30.2. The summed E-state index contributed by atoms with van der Waals surface area (Å²) in [4.78, 5) is 0. The smallest absolute Gasteiger partial charge is 0.0715 e. The van der Waals surface area contributed by atoms with E-state index < -0.39 is 0 Å². The Morgan fingerprint density at radius 3 is 2.75 bits per heavy atom. The lowest BCUT2D eigenvalue weighted by atomic mass is 9.82. The van der Waals surface area contributed by atoms with Gasteiger partial charge in [0.05, 0.1) is 12.7 Å². The third-order valence-electron chi connectivity index (χ3n) is 4.11. The molecule has 2 fully saturated rings. The maximum Gasteiger partial charge on any atom is 0.0715 e. The molecular weight excluding hydrogens is 200 g/mol. The second-order valence-electron chi connectivity index (χ2n) is 5.23. The number of hydrogen-bond donors (Lipinski definition) is 2. The van der Waals surface area contributed by atoms with Crippen LogP contribution in [-0.4, -0.2) is 38.9 Å². The summed E-state index contributed by atoms with van der Waals surface area (Å²) in [5.41, 5.74) is 0. The summed E-state index contributed by atoms with van der Waals surface area (Å²) in [6, 6.07) is 0.658. The number of rotatable bonds is 4. The molecule has 0 spiro atoms. The van der Waals surface area contributed by atoms with Gasteiger partial charge in [-0.05, 0) is 32.2 Å². The third-order valence-corrected chi connectivity index (χ3v) is 4.11. The zero-order valence-electron chi connectivity index (χ0n) is 10.5. The second-order valence-corrected chi connectivity index (χ2v) is 5.23. The number of morpholine rings is 1. The van der Waals surface area contributed by atoms with Gasteiger partial charge in [0.2, 0.25) is 0 Å². The zero-order chi connectivity index (χ0) is 11.2. The average molecular weight is 226 g/mol. The van der Waals surface area contributed by atoms with Gasteiger partial charge in [-0.3, -0.25) is 0 Å². The summed E-state index contributed by atoms with van der Waals surface area (Å²) >= 11 is 0. The Kier molecular flexibility index (Phi) is 5.07. The first-order valence-electron chi connectivity index (χ1n) is 6.89. The van der Waals surface area contributed by atoms with Crippen molar-refractivity contribution in [1.29, 1.82) is 0 Å². The monoisotopic (exact) mass is 226 g/mol. The fourth-order valence-corrected chi connectivity index (χ4v) is 3.14. The Morgan fingerprint density at radius 1 is 1.31 bits per heavy atom. The summed E-state index contributed by atoms with van der Waals surface area (Å²) in [6.45, 7) is 2.93. The summed E-state index contributed by atoms with van der Waals surface area (Å²) in [6.07, 6.45) is 8.70. The van der Waals surface area contributed by atoms with Crippen LogP contribution in [0.25, 0.3) is 0 Å². The molecule has 0 amide bonds. The van der Waals surface area contributed by atoms with E-state index in [-0.39, 0.29) is 0 Å². The largest absolute Gasteiger partial charge is 0.376 e. The van der Waals surface area contributed by atoms with Crippen LogP contribution in [0.2, 0.25) is 0 Å². The van der Waals surface area contributed by atoms with E-state index >= 15 is 0 Å². The number of nitrogens with one attached hydrogen (secondary N) is 2. The Bertz CT molecular complexity index is 186. The van der Waals surface area contributed by atoms with Gasteiger partial charge in [-0.15, -0.1) is 0 Å². The highest BCUT2D eigenvalue weighted by Crippen LogP contribution is 2.28. The van der Waals surface area contributed by atoms with Gasteiger partial charge in [-0.1, -0.05) is 19.3 Å². The molecule has 3 heteroatoms. The van der Waals surface area contributed by atoms with Crippen molar-refractivity contribution >= 4 is 0 Å². The first-order chi connectivity index (χ1) is 7.90. The summed E-state index contributed by atoms with van der Waals surface area (Å²) < 4.78 is 5.80. The lowest BCUT2D eigenvalue weighted by molar-refractivity contribution is 0.0119. The molecule has 2 N–H and O–H groups in total. The van der Waals surface area contributed by atoms with Crippen molar-refractivity contribution in [3.63, 3.8) is 0 Å². The van der Waals surface area contributed by atoms with Crippen LogP contribution in [0.5, 0.6) is 0 Å². The molecule has 2 unspecified atom stereocenters. The molecular formula is C13H26N2O. The Morgan fingerprint density at radius 2 is 2.12 bits per heavy atom. The third kappa shape index (κ3) is 3.44. The van der Waals surface area contributed by atoms with Crippen LogP contribution in [-0.2, 0) is 4.74 Å². The first kappa shape index (κ1) is 12.3. The van der Waals surface area contributed by atoms with Gasteiger partial charge in [-0.25, -0.2) is 0 Å². The van der Waals surface area contributed by atoms with E-state index in [1.54, 1.807) is 0 Å². The summed E-state index contributed by atoms with van der Waals surface area (Å²) in [5.74, 6) is 0.879. The first-order valence-corrected chi connectivity index (χ1v) is 6.89. The SMILES string of the molecule is CNC(CC1CNCCO1)C1CCCCC1. The van der Waals surface area contributed by atoms with Gasteiger partial charge in [-0.2, -0.15) is 0 Å². The number of hydrogen-bond acceptors (Lipinski definition) is 3. The predicted molar refractivity (Wildman–Crippen MR) is 66.6 cm³/mol. The summed E-state index contributed by atoms with van der Waals surface area (Å²) in [7, 11) is 2.11. The Balaban J connectivity index is 1.78. The fraction of sp³-hybridized carbons (Fsp3) is 1.00. The van der Waals surface area contributed by atoms with E-state index in [9.17, 15) is 0 Å². The average Bonchev–Trinajstić information content (AvgIpc) is 2.38. The molecule has 2 aliphatic rings. The van der Waals surface area contributed by atoms with E-state index in [1.807, 2.05) is 0 Å². The highest BCUT2D eigenvalue weighted by molar-refractivity contribution is 4.82. The molecule has 1 heterocycles. The molecule has 1 aliphatic heterocycles. The molecule has 2 rings (SSSR count). The zero-order valence-corrected chi connectivity index (χ0v) is 10.5. The van der Waals surface area contributed by atoms with Gasteiger partial charge >= 0.3 is 0 Å². The van der Waals surface area contributed by atoms with Gasteiger partial charge < -0.3 is 15.4 Å². The van der Waals surface area contributed by atoms with Crippen LogP contribution in [0.1, 0.15) is 38.5 Å². The van der Waals surface area contributed by atoms with Gasteiger partial charge in [0.25, 0.3) is 0 Å². The van der Waals surface area contributed by atoms with Crippen molar-refractivity contribution in [2.75, 3.05) is 26.7 Å². The lowest BCUT2D eigenvalue weighted by Crippen LogP contribution is -2.44. The minimum absolute atomic E-state index is 0.424. The molecule has 1 saturated heterocycles. The molecule has 94 valence electrons. The summed E-state index contributed by atoms with van der Waals surface area (Å²) in [5, 5.41) is 6.93. The van der Waals surface area contributed by atoms with Crippen LogP contribution in [0.4, 0.5) is 0 Å². The molecule has 3 nitrogen and oxygen atoms in total. The van der Waals surface area contributed by atoms with Gasteiger partial charge in [0.15, 0.2) is 0 Å². The topological polar surface area (TPSA) is 33.3 Å². The highest BCUT2D eigenvalue weighted by atomic mass is 16.5. The van der Waals surface area contributed by atoms with E-state index in [0.29, 0.717) is 12.1 Å². The number of ether oxygens (including phenoxy) is 1. The molecule has 2 atom stereocenters. The predicted octanol–water partition coefficient (Wildman–Crippen LogP) is 1.53. The molecule has 0 aromatic heterocycles. The molecule has 1 aliphatic carbocycles. The molecule has 0 aromatic rings. The molecule has 0 bridgehead atoms. The fourth-order valence-electron chi connectivity index (χ4n) is 3.14. The van der Waals surface area contributed by atoms with E-state index in [0.717, 1.165) is 25.6 Å². The Labute approximate surface area is 99.3 Å². The van der Waals surface area contributed by atoms with Crippen molar-refractivity contribution in [2.45, 2.75) is 50.7 Å². The van der Waals surface area contributed by atoms with Gasteiger partial charge in [0, 0.05) is 19.1 Å². The minimum Gasteiger partial charge on any atom is -0.376 e. The second kappa shape index (κ2) is 6.58. The Hall–Kier alpha value is -0.120. The van der Waals surface area contributed by atoms with E-state index in [4.69, 9.17) is 4.74 Å². The van der Waals surface area contributed by atoms with Crippen LogP contribution < -0.4 is 10.6 Å². The molecule has 16 heavy (non-hydrogen) atoms. The molecule has 0 radical (unpaired) electrons. The highest BCUT2D eigenvalue weighted by Gasteiger charge is 2.26. The van der Waals surface area contributed by atoms with Crippen LogP contribution in [0.3, 0.4) is 0 Å². The van der Waals surface area contributed by atoms with E-state index in [1.165, 1.54) is 38.5 Å². The minimum atomic E-state index is 0.424. The maximum absolute atomic E-state index is 5.80. The van der Waals surface area contributed by atoms with Crippen LogP contribution >= 0.6 is 0 Å². The van der Waals surface area contributed by atoms with Crippen LogP contribution in [0, 0.1) is 5.92 Å². The lowest BCUT2D eigenvalue weighted by Gasteiger charge is -2.34. The van der Waals surface area contributed by atoms with E-state index in [2.05, 4.69) is 17.7 Å². The van der Waals surface area contributed by atoms with Crippen LogP contribution in [0.15, 0.2) is 0 Å². The molecule has 1 saturated carbocycles. The van der Waals surface area contributed by atoms with Crippen molar-refractivity contribution in [3.8, 4) is 0 Å². The molecule has 0 aromatic carbocycles. The van der Waals surface area contributed by atoms with Gasteiger partial charge in [0.1, 0.15) is 0 Å². The maximum atomic E-state index is 5.80.